The Morgan fingerprint density at radius 2 is 2.00 bits per heavy atom. The molecule has 1 aromatic carbocycles. The molecule has 0 aliphatic heterocycles. The summed E-state index contributed by atoms with van der Waals surface area (Å²) in [4.78, 5) is 13.8. The monoisotopic (exact) mass is 284 g/mol. The molecule has 0 aromatic heterocycles. The first-order valence-electron chi connectivity index (χ1n) is 6.98. The van der Waals surface area contributed by atoms with E-state index in [0.717, 1.165) is 37.5 Å². The Kier molecular flexibility index (Phi) is 6.42. The van der Waals surface area contributed by atoms with E-state index in [9.17, 15) is 13.6 Å². The van der Waals surface area contributed by atoms with Crippen molar-refractivity contribution in [2.24, 2.45) is 0 Å². The molecule has 20 heavy (non-hydrogen) atoms. The van der Waals surface area contributed by atoms with Crippen LogP contribution in [0.15, 0.2) is 18.2 Å². The number of benzene rings is 1. The molecule has 0 radical (unpaired) electrons. The van der Waals surface area contributed by atoms with Crippen molar-refractivity contribution in [2.75, 3.05) is 11.9 Å². The molecule has 0 spiro atoms. The van der Waals surface area contributed by atoms with Gasteiger partial charge in [0, 0.05) is 18.7 Å². The maximum Gasteiger partial charge on any atom is 0.322 e. The number of urea groups is 1. The Balaban J connectivity index is 2.72. The van der Waals surface area contributed by atoms with Gasteiger partial charge in [0.1, 0.15) is 11.6 Å². The van der Waals surface area contributed by atoms with Gasteiger partial charge in [-0.25, -0.2) is 13.6 Å². The lowest BCUT2D eigenvalue weighted by Gasteiger charge is -2.27. The van der Waals surface area contributed by atoms with E-state index in [1.807, 2.05) is 13.8 Å². The molecular weight excluding hydrogens is 262 g/mol. The van der Waals surface area contributed by atoms with Crippen LogP contribution < -0.4 is 5.32 Å². The van der Waals surface area contributed by atoms with E-state index in [1.54, 1.807) is 4.90 Å². The fourth-order valence-corrected chi connectivity index (χ4v) is 1.91. The largest absolute Gasteiger partial charge is 0.322 e. The molecule has 0 fully saturated rings. The Bertz CT molecular complexity index is 449. The number of carbonyl (C=O) groups excluding carboxylic acids is 1. The normalized spacial score (nSPS) is 10.7. The third-order valence-corrected chi connectivity index (χ3v) is 3.06. The average Bonchev–Trinajstić information content (AvgIpc) is 2.38. The van der Waals surface area contributed by atoms with Gasteiger partial charge in [-0.15, -0.1) is 0 Å². The van der Waals surface area contributed by atoms with Gasteiger partial charge in [-0.2, -0.15) is 0 Å². The molecule has 0 heterocycles. The van der Waals surface area contributed by atoms with E-state index in [1.165, 1.54) is 0 Å². The van der Waals surface area contributed by atoms with Crippen LogP contribution in [0.3, 0.4) is 0 Å². The maximum atomic E-state index is 13.5. The molecule has 0 aliphatic rings. The Morgan fingerprint density at radius 1 is 1.30 bits per heavy atom. The quantitative estimate of drug-likeness (QED) is 0.772. The van der Waals surface area contributed by atoms with Crippen LogP contribution in [0.4, 0.5) is 19.3 Å². The maximum absolute atomic E-state index is 13.5. The van der Waals surface area contributed by atoms with Gasteiger partial charge in [-0.05, 0) is 32.4 Å². The number of rotatable bonds is 6. The molecular formula is C15H22F2N2O. The van der Waals surface area contributed by atoms with Crippen molar-refractivity contribution in [2.45, 2.75) is 46.1 Å². The number of hydrogen-bond donors (Lipinski definition) is 1. The number of carbonyl (C=O) groups is 1. The summed E-state index contributed by atoms with van der Waals surface area (Å²) in [5, 5.41) is 2.43. The highest BCUT2D eigenvalue weighted by molar-refractivity contribution is 5.89. The summed E-state index contributed by atoms with van der Waals surface area (Å²) in [6.07, 6.45) is 2.99. The molecule has 0 saturated heterocycles. The van der Waals surface area contributed by atoms with E-state index < -0.39 is 17.7 Å². The van der Waals surface area contributed by atoms with Crippen molar-refractivity contribution in [3.05, 3.63) is 29.8 Å². The van der Waals surface area contributed by atoms with E-state index in [-0.39, 0.29) is 11.7 Å². The van der Waals surface area contributed by atoms with Crippen LogP contribution in [-0.4, -0.2) is 23.5 Å². The number of amides is 2. The minimum atomic E-state index is -0.642. The number of anilines is 1. The highest BCUT2D eigenvalue weighted by atomic mass is 19.1. The topological polar surface area (TPSA) is 32.3 Å². The molecule has 1 aromatic rings. The van der Waals surface area contributed by atoms with Crippen LogP contribution in [0.25, 0.3) is 0 Å². The Morgan fingerprint density at radius 3 is 2.60 bits per heavy atom. The third-order valence-electron chi connectivity index (χ3n) is 3.06. The summed E-state index contributed by atoms with van der Waals surface area (Å²) < 4.78 is 26.6. The molecule has 0 bridgehead atoms. The molecule has 0 aliphatic carbocycles. The standard InChI is InChI=1S/C15H22F2N2O/c1-4-5-6-9-19(11(2)3)15(20)18-14-10-12(16)7-8-13(14)17/h7-8,10-11H,4-6,9H2,1-3H3,(H,18,20). The van der Waals surface area contributed by atoms with Gasteiger partial charge in [0.15, 0.2) is 0 Å². The second-order valence-electron chi connectivity index (χ2n) is 5.05. The van der Waals surface area contributed by atoms with Crippen LogP contribution in [0.2, 0.25) is 0 Å². The first-order valence-corrected chi connectivity index (χ1v) is 6.98. The third kappa shape index (κ3) is 4.79. The lowest BCUT2D eigenvalue weighted by molar-refractivity contribution is 0.195. The number of halogens is 2. The van der Waals surface area contributed by atoms with Crippen LogP contribution in [0.5, 0.6) is 0 Å². The summed E-state index contributed by atoms with van der Waals surface area (Å²) in [5.41, 5.74) is -0.129. The van der Waals surface area contributed by atoms with Gasteiger partial charge >= 0.3 is 6.03 Å². The molecule has 1 rings (SSSR count). The molecule has 0 unspecified atom stereocenters. The first kappa shape index (κ1) is 16.4. The number of nitrogens with zero attached hydrogens (tertiary/aromatic N) is 1. The van der Waals surface area contributed by atoms with Crippen molar-refractivity contribution in [3.63, 3.8) is 0 Å². The van der Waals surface area contributed by atoms with Crippen molar-refractivity contribution < 1.29 is 13.6 Å². The van der Waals surface area contributed by atoms with Gasteiger partial charge in [0.05, 0.1) is 5.69 Å². The minimum absolute atomic E-state index is 0.00322. The van der Waals surface area contributed by atoms with Crippen molar-refractivity contribution in [1.82, 2.24) is 4.90 Å². The molecule has 1 N–H and O–H groups in total. The van der Waals surface area contributed by atoms with Gasteiger partial charge < -0.3 is 10.2 Å². The van der Waals surface area contributed by atoms with E-state index in [2.05, 4.69) is 12.2 Å². The van der Waals surface area contributed by atoms with Gasteiger partial charge in [-0.3, -0.25) is 0 Å². The predicted octanol–water partition coefficient (Wildman–Crippen LogP) is 4.40. The van der Waals surface area contributed by atoms with Crippen molar-refractivity contribution in [3.8, 4) is 0 Å². The second-order valence-corrected chi connectivity index (χ2v) is 5.05. The Labute approximate surface area is 119 Å². The summed E-state index contributed by atoms with van der Waals surface area (Å²) in [7, 11) is 0. The molecule has 0 atom stereocenters. The molecule has 112 valence electrons. The van der Waals surface area contributed by atoms with Gasteiger partial charge in [-0.1, -0.05) is 19.8 Å². The van der Waals surface area contributed by atoms with Crippen molar-refractivity contribution >= 4 is 11.7 Å². The van der Waals surface area contributed by atoms with Crippen molar-refractivity contribution in [1.29, 1.82) is 0 Å². The zero-order valence-electron chi connectivity index (χ0n) is 12.2. The van der Waals surface area contributed by atoms with E-state index in [0.29, 0.717) is 6.54 Å². The van der Waals surface area contributed by atoms with Crippen LogP contribution in [0, 0.1) is 11.6 Å². The van der Waals surface area contributed by atoms with Crippen LogP contribution in [-0.2, 0) is 0 Å². The number of hydrogen-bond acceptors (Lipinski definition) is 1. The molecule has 2 amide bonds. The highest BCUT2D eigenvalue weighted by Gasteiger charge is 2.18. The fraction of sp³-hybridized carbons (Fsp3) is 0.533. The summed E-state index contributed by atoms with van der Waals surface area (Å²) in [6, 6.07) is 2.61. The lowest BCUT2D eigenvalue weighted by Crippen LogP contribution is -2.40. The predicted molar refractivity (Wildman–Crippen MR) is 76.7 cm³/mol. The summed E-state index contributed by atoms with van der Waals surface area (Å²) in [6.45, 7) is 6.48. The van der Waals surface area contributed by atoms with Crippen LogP contribution in [0.1, 0.15) is 40.0 Å². The van der Waals surface area contributed by atoms with E-state index >= 15 is 0 Å². The zero-order valence-corrected chi connectivity index (χ0v) is 12.2. The SMILES string of the molecule is CCCCCN(C(=O)Nc1cc(F)ccc1F)C(C)C. The lowest BCUT2D eigenvalue weighted by atomic mass is 10.2. The van der Waals surface area contributed by atoms with Gasteiger partial charge in [0.25, 0.3) is 0 Å². The summed E-state index contributed by atoms with van der Waals surface area (Å²) in [5.74, 6) is -1.22. The average molecular weight is 284 g/mol. The number of unbranched alkanes of at least 4 members (excludes halogenated alkanes) is 2. The smallest absolute Gasteiger partial charge is 0.322 e. The molecule has 5 heteroatoms. The number of nitrogens with one attached hydrogen (secondary N) is 1. The van der Waals surface area contributed by atoms with Crippen LogP contribution >= 0.6 is 0 Å². The summed E-state index contributed by atoms with van der Waals surface area (Å²) >= 11 is 0. The fourth-order valence-electron chi connectivity index (χ4n) is 1.91. The van der Waals surface area contributed by atoms with Gasteiger partial charge in [0.2, 0.25) is 0 Å². The second kappa shape index (κ2) is 7.82. The Hall–Kier alpha value is -1.65. The first-order chi connectivity index (χ1) is 9.45. The van der Waals surface area contributed by atoms with E-state index in [4.69, 9.17) is 0 Å². The highest BCUT2D eigenvalue weighted by Crippen LogP contribution is 2.16. The zero-order chi connectivity index (χ0) is 15.1. The minimum Gasteiger partial charge on any atom is -0.322 e. The molecule has 0 saturated carbocycles. The molecule has 3 nitrogen and oxygen atoms in total.